The van der Waals surface area contributed by atoms with E-state index in [0.29, 0.717) is 0 Å². The number of hydrogen-bond donors (Lipinski definition) is 1. The molecule has 0 aromatic carbocycles. The summed E-state index contributed by atoms with van der Waals surface area (Å²) in [6.07, 6.45) is 3.43. The average Bonchev–Trinajstić information content (AvgIpc) is 1.90. The molecule has 1 rings (SSSR count). The van der Waals surface area contributed by atoms with Crippen molar-refractivity contribution in [2.75, 3.05) is 11.5 Å². The van der Waals surface area contributed by atoms with Crippen LogP contribution in [0, 0.1) is 0 Å². The highest BCUT2D eigenvalue weighted by molar-refractivity contribution is 7.99. The topological polar surface area (TPSA) is 20.2 Å². The van der Waals surface area contributed by atoms with Crippen molar-refractivity contribution in [2.24, 2.45) is 0 Å². The minimum atomic E-state index is -0.536. The van der Waals surface area contributed by atoms with Gasteiger partial charge in [-0.2, -0.15) is 11.8 Å². The largest absolute Gasteiger partial charge is 0.386 e. The predicted octanol–water partition coefficient (Wildman–Crippen LogP) is 1.43. The van der Waals surface area contributed by atoms with Crippen LogP contribution in [-0.2, 0) is 0 Å². The highest BCUT2D eigenvalue weighted by atomic mass is 32.2. The molecule has 52 valence electrons. The first-order valence-corrected chi connectivity index (χ1v) is 4.36. The van der Waals surface area contributed by atoms with E-state index in [4.69, 9.17) is 0 Å². The molecule has 1 aliphatic heterocycles. The Kier molecular flexibility index (Phi) is 2.19. The summed E-state index contributed by atoms with van der Waals surface area (Å²) >= 11 is 1.90. The molecule has 0 amide bonds. The van der Waals surface area contributed by atoms with E-state index >= 15 is 0 Å². The van der Waals surface area contributed by atoms with E-state index in [1.807, 2.05) is 11.8 Å². The summed E-state index contributed by atoms with van der Waals surface area (Å²) in [7, 11) is 0. The number of thioether (sulfide) groups is 1. The molecule has 0 aromatic rings. The molecule has 0 aliphatic carbocycles. The zero-order valence-corrected chi connectivity index (χ0v) is 6.28. The molecule has 0 atom stereocenters. The fourth-order valence-electron chi connectivity index (χ4n) is 0.929. The van der Waals surface area contributed by atoms with Crippen LogP contribution in [0.15, 0.2) is 12.7 Å². The van der Waals surface area contributed by atoms with Gasteiger partial charge in [-0.25, -0.2) is 0 Å². The molecule has 0 bridgehead atoms. The van der Waals surface area contributed by atoms with Crippen molar-refractivity contribution in [1.82, 2.24) is 0 Å². The molecule has 9 heavy (non-hydrogen) atoms. The summed E-state index contributed by atoms with van der Waals surface area (Å²) in [5, 5.41) is 9.55. The molecule has 0 unspecified atom stereocenters. The van der Waals surface area contributed by atoms with Gasteiger partial charge in [-0.15, -0.1) is 6.58 Å². The SMILES string of the molecule is C=CC1(O)CCSCC1. The molecule has 1 saturated heterocycles. The van der Waals surface area contributed by atoms with E-state index in [2.05, 4.69) is 6.58 Å². The third-order valence-electron chi connectivity index (χ3n) is 1.74. The molecular formula is C7H12OS. The van der Waals surface area contributed by atoms with E-state index in [1.54, 1.807) is 6.08 Å². The second kappa shape index (κ2) is 2.76. The molecule has 1 heterocycles. The quantitative estimate of drug-likeness (QED) is 0.562. The Balaban J connectivity index is 2.46. The van der Waals surface area contributed by atoms with E-state index in [9.17, 15) is 5.11 Å². The first kappa shape index (κ1) is 7.16. The summed E-state index contributed by atoms with van der Waals surface area (Å²) in [5.74, 6) is 2.14. The molecule has 1 N–H and O–H groups in total. The minimum absolute atomic E-state index is 0.536. The van der Waals surface area contributed by atoms with Gasteiger partial charge >= 0.3 is 0 Å². The van der Waals surface area contributed by atoms with Crippen molar-refractivity contribution >= 4 is 11.8 Å². The van der Waals surface area contributed by atoms with Gasteiger partial charge in [0.05, 0.1) is 5.60 Å². The Morgan fingerprint density at radius 2 is 2.00 bits per heavy atom. The van der Waals surface area contributed by atoms with Crippen LogP contribution in [0.25, 0.3) is 0 Å². The van der Waals surface area contributed by atoms with Gasteiger partial charge in [-0.05, 0) is 24.3 Å². The summed E-state index contributed by atoms with van der Waals surface area (Å²) < 4.78 is 0. The minimum Gasteiger partial charge on any atom is -0.386 e. The fraction of sp³-hybridized carbons (Fsp3) is 0.714. The van der Waals surface area contributed by atoms with E-state index < -0.39 is 5.60 Å². The molecule has 1 nitrogen and oxygen atoms in total. The van der Waals surface area contributed by atoms with Crippen LogP contribution in [0.5, 0.6) is 0 Å². The summed E-state index contributed by atoms with van der Waals surface area (Å²) in [6, 6.07) is 0. The van der Waals surface area contributed by atoms with Crippen molar-refractivity contribution in [2.45, 2.75) is 18.4 Å². The predicted molar refractivity (Wildman–Crippen MR) is 41.7 cm³/mol. The second-order valence-corrected chi connectivity index (χ2v) is 3.64. The number of hydrogen-bond acceptors (Lipinski definition) is 2. The summed E-state index contributed by atoms with van der Waals surface area (Å²) in [4.78, 5) is 0. The van der Waals surface area contributed by atoms with E-state index in [1.165, 1.54) is 0 Å². The Morgan fingerprint density at radius 1 is 1.44 bits per heavy atom. The molecule has 0 spiro atoms. The van der Waals surface area contributed by atoms with Crippen molar-refractivity contribution in [3.63, 3.8) is 0 Å². The zero-order chi connectivity index (χ0) is 6.74. The molecule has 1 fully saturated rings. The summed E-state index contributed by atoms with van der Waals surface area (Å²) in [6.45, 7) is 3.60. The van der Waals surface area contributed by atoms with Gasteiger partial charge in [0.2, 0.25) is 0 Å². The Bertz CT molecular complexity index is 105. The van der Waals surface area contributed by atoms with Crippen LogP contribution in [0.3, 0.4) is 0 Å². The van der Waals surface area contributed by atoms with Crippen LogP contribution in [-0.4, -0.2) is 22.2 Å². The van der Waals surface area contributed by atoms with Crippen molar-refractivity contribution in [1.29, 1.82) is 0 Å². The third kappa shape index (κ3) is 1.73. The number of aliphatic hydroxyl groups is 1. The smallest absolute Gasteiger partial charge is 0.0840 e. The lowest BCUT2D eigenvalue weighted by Gasteiger charge is -2.27. The lowest BCUT2D eigenvalue weighted by atomic mass is 9.98. The van der Waals surface area contributed by atoms with Gasteiger partial charge in [-0.3, -0.25) is 0 Å². The zero-order valence-electron chi connectivity index (χ0n) is 5.47. The van der Waals surface area contributed by atoms with Crippen molar-refractivity contribution in [3.8, 4) is 0 Å². The Morgan fingerprint density at radius 3 is 2.33 bits per heavy atom. The lowest BCUT2D eigenvalue weighted by molar-refractivity contribution is 0.0828. The molecule has 0 aromatic heterocycles. The van der Waals surface area contributed by atoms with Crippen molar-refractivity contribution in [3.05, 3.63) is 12.7 Å². The van der Waals surface area contributed by atoms with Gasteiger partial charge in [0, 0.05) is 0 Å². The molecule has 1 aliphatic rings. The molecule has 0 saturated carbocycles. The molecule has 2 heteroatoms. The lowest BCUT2D eigenvalue weighted by Crippen LogP contribution is -2.30. The van der Waals surface area contributed by atoms with E-state index in [0.717, 1.165) is 24.3 Å². The highest BCUT2D eigenvalue weighted by Crippen LogP contribution is 2.27. The molecule has 0 radical (unpaired) electrons. The van der Waals surface area contributed by atoms with Gasteiger partial charge in [-0.1, -0.05) is 6.08 Å². The average molecular weight is 144 g/mol. The monoisotopic (exact) mass is 144 g/mol. The fourth-order valence-corrected chi connectivity index (χ4v) is 2.13. The first-order chi connectivity index (χ1) is 4.27. The maximum atomic E-state index is 9.55. The first-order valence-electron chi connectivity index (χ1n) is 3.20. The highest BCUT2D eigenvalue weighted by Gasteiger charge is 2.24. The third-order valence-corrected chi connectivity index (χ3v) is 2.72. The second-order valence-electron chi connectivity index (χ2n) is 2.42. The van der Waals surface area contributed by atoms with Crippen LogP contribution < -0.4 is 0 Å². The van der Waals surface area contributed by atoms with Crippen LogP contribution in [0.2, 0.25) is 0 Å². The van der Waals surface area contributed by atoms with Gasteiger partial charge < -0.3 is 5.11 Å². The van der Waals surface area contributed by atoms with Crippen LogP contribution >= 0.6 is 11.8 Å². The Hall–Kier alpha value is 0.0500. The van der Waals surface area contributed by atoms with Gasteiger partial charge in [0.15, 0.2) is 0 Å². The van der Waals surface area contributed by atoms with Gasteiger partial charge in [0.25, 0.3) is 0 Å². The van der Waals surface area contributed by atoms with Crippen molar-refractivity contribution < 1.29 is 5.11 Å². The molecular weight excluding hydrogens is 132 g/mol. The number of rotatable bonds is 1. The van der Waals surface area contributed by atoms with E-state index in [-0.39, 0.29) is 0 Å². The van der Waals surface area contributed by atoms with Gasteiger partial charge in [0.1, 0.15) is 0 Å². The Labute approximate surface area is 60.2 Å². The van der Waals surface area contributed by atoms with Crippen LogP contribution in [0.1, 0.15) is 12.8 Å². The van der Waals surface area contributed by atoms with Crippen LogP contribution in [0.4, 0.5) is 0 Å². The maximum Gasteiger partial charge on any atom is 0.0840 e. The maximum absolute atomic E-state index is 9.55. The normalized spacial score (nSPS) is 25.4. The standard InChI is InChI=1S/C7H12OS/c1-2-7(8)3-5-9-6-4-7/h2,8H,1,3-6H2. The summed E-state index contributed by atoms with van der Waals surface area (Å²) in [5.41, 5.74) is -0.536.